The van der Waals surface area contributed by atoms with Gasteiger partial charge in [-0.3, -0.25) is 9.79 Å². The summed E-state index contributed by atoms with van der Waals surface area (Å²) in [4.78, 5) is 20.3. The molecule has 0 spiro atoms. The van der Waals surface area contributed by atoms with Gasteiger partial charge in [0.1, 0.15) is 0 Å². The van der Waals surface area contributed by atoms with Crippen molar-refractivity contribution in [2.24, 2.45) is 4.99 Å². The molecular formula is C20H35N5O. The summed E-state index contributed by atoms with van der Waals surface area (Å²) in [6, 6.07) is 7.81. The molecule has 0 fully saturated rings. The molecule has 1 amide bonds. The van der Waals surface area contributed by atoms with Crippen molar-refractivity contribution in [2.45, 2.75) is 26.7 Å². The zero-order valence-electron chi connectivity index (χ0n) is 17.0. The molecule has 1 aromatic carbocycles. The number of carbonyl (C=O) groups excluding carboxylic acids is 1. The second-order valence-electron chi connectivity index (χ2n) is 6.46. The molecule has 0 saturated carbocycles. The van der Waals surface area contributed by atoms with Gasteiger partial charge in [-0.2, -0.15) is 0 Å². The standard InChI is InChI=1S/C20H35N5O/c1-6-25(7-2)15-9-13-22-20(21-3)23-14-12-17-10-8-11-18(16-17)19(26)24(4)5/h8,10-11,16H,6-7,9,12-15H2,1-5H3,(H2,21,22,23). The van der Waals surface area contributed by atoms with Crippen LogP contribution in [0.3, 0.4) is 0 Å². The minimum Gasteiger partial charge on any atom is -0.356 e. The molecule has 1 aromatic rings. The van der Waals surface area contributed by atoms with E-state index in [1.54, 1.807) is 26.0 Å². The third-order valence-corrected chi connectivity index (χ3v) is 4.35. The third kappa shape index (κ3) is 7.87. The fraction of sp³-hybridized carbons (Fsp3) is 0.600. The van der Waals surface area contributed by atoms with Crippen molar-refractivity contribution in [3.63, 3.8) is 0 Å². The van der Waals surface area contributed by atoms with Crippen LogP contribution < -0.4 is 10.6 Å². The molecule has 0 atom stereocenters. The normalized spacial score (nSPS) is 11.5. The van der Waals surface area contributed by atoms with Crippen LogP contribution in [0.2, 0.25) is 0 Å². The molecule has 1 rings (SSSR count). The van der Waals surface area contributed by atoms with E-state index in [0.29, 0.717) is 0 Å². The quantitative estimate of drug-likeness (QED) is 0.379. The van der Waals surface area contributed by atoms with Crippen molar-refractivity contribution >= 4 is 11.9 Å². The highest BCUT2D eigenvalue weighted by Crippen LogP contribution is 2.07. The SMILES string of the molecule is CCN(CC)CCCNC(=NC)NCCc1cccc(C(=O)N(C)C)c1. The fourth-order valence-corrected chi connectivity index (χ4v) is 2.71. The summed E-state index contributed by atoms with van der Waals surface area (Å²) in [5.74, 6) is 0.857. The van der Waals surface area contributed by atoms with Crippen molar-refractivity contribution in [2.75, 3.05) is 53.9 Å². The van der Waals surface area contributed by atoms with E-state index in [9.17, 15) is 4.79 Å². The lowest BCUT2D eigenvalue weighted by Gasteiger charge is -2.18. The average molecular weight is 362 g/mol. The first-order valence-electron chi connectivity index (χ1n) is 9.49. The van der Waals surface area contributed by atoms with Crippen molar-refractivity contribution in [1.29, 1.82) is 0 Å². The molecule has 0 aliphatic heterocycles. The molecular weight excluding hydrogens is 326 g/mol. The Morgan fingerprint density at radius 2 is 1.81 bits per heavy atom. The lowest BCUT2D eigenvalue weighted by molar-refractivity contribution is 0.0827. The van der Waals surface area contributed by atoms with Crippen molar-refractivity contribution in [3.8, 4) is 0 Å². The molecule has 26 heavy (non-hydrogen) atoms. The summed E-state index contributed by atoms with van der Waals surface area (Å²) in [5, 5.41) is 6.69. The predicted molar refractivity (Wildman–Crippen MR) is 110 cm³/mol. The molecule has 0 heterocycles. The van der Waals surface area contributed by atoms with Gasteiger partial charge < -0.3 is 20.4 Å². The number of aliphatic imine (C=N–C) groups is 1. The Morgan fingerprint density at radius 1 is 1.12 bits per heavy atom. The number of amides is 1. The minimum absolute atomic E-state index is 0.0329. The van der Waals surface area contributed by atoms with E-state index in [4.69, 9.17) is 0 Å². The van der Waals surface area contributed by atoms with Crippen LogP contribution in [0.1, 0.15) is 36.2 Å². The first-order chi connectivity index (χ1) is 12.5. The highest BCUT2D eigenvalue weighted by atomic mass is 16.2. The Bertz CT molecular complexity index is 567. The van der Waals surface area contributed by atoms with Crippen LogP contribution in [0, 0.1) is 0 Å². The third-order valence-electron chi connectivity index (χ3n) is 4.35. The average Bonchev–Trinajstić information content (AvgIpc) is 2.66. The highest BCUT2D eigenvalue weighted by molar-refractivity contribution is 5.94. The molecule has 6 heteroatoms. The van der Waals surface area contributed by atoms with Crippen molar-refractivity contribution in [3.05, 3.63) is 35.4 Å². The van der Waals surface area contributed by atoms with E-state index >= 15 is 0 Å². The van der Waals surface area contributed by atoms with Gasteiger partial charge in [0.15, 0.2) is 5.96 Å². The van der Waals surface area contributed by atoms with Gasteiger partial charge in [0.05, 0.1) is 0 Å². The summed E-state index contributed by atoms with van der Waals surface area (Å²) in [6.45, 7) is 9.36. The number of benzene rings is 1. The Labute approximate surface area is 158 Å². The Balaban J connectivity index is 2.36. The summed E-state index contributed by atoms with van der Waals surface area (Å²) in [6.07, 6.45) is 1.94. The van der Waals surface area contributed by atoms with E-state index in [0.717, 1.165) is 62.7 Å². The zero-order chi connectivity index (χ0) is 19.4. The summed E-state index contributed by atoms with van der Waals surface area (Å²) in [5.41, 5.74) is 1.87. The molecule has 0 unspecified atom stereocenters. The van der Waals surface area contributed by atoms with E-state index in [1.165, 1.54) is 0 Å². The summed E-state index contributed by atoms with van der Waals surface area (Å²) in [7, 11) is 5.33. The van der Waals surface area contributed by atoms with Crippen LogP contribution >= 0.6 is 0 Å². The number of rotatable bonds is 10. The summed E-state index contributed by atoms with van der Waals surface area (Å²) < 4.78 is 0. The lowest BCUT2D eigenvalue weighted by atomic mass is 10.1. The summed E-state index contributed by atoms with van der Waals surface area (Å²) >= 11 is 0. The number of hydrogen-bond acceptors (Lipinski definition) is 3. The van der Waals surface area contributed by atoms with E-state index in [1.807, 2.05) is 24.3 Å². The largest absolute Gasteiger partial charge is 0.356 e. The van der Waals surface area contributed by atoms with Crippen LogP contribution in [-0.2, 0) is 6.42 Å². The lowest BCUT2D eigenvalue weighted by Crippen LogP contribution is -2.39. The van der Waals surface area contributed by atoms with Crippen LogP contribution in [0.5, 0.6) is 0 Å². The zero-order valence-corrected chi connectivity index (χ0v) is 17.0. The van der Waals surface area contributed by atoms with Gasteiger partial charge in [0.2, 0.25) is 0 Å². The van der Waals surface area contributed by atoms with Crippen LogP contribution in [-0.4, -0.2) is 75.5 Å². The Hall–Kier alpha value is -2.08. The van der Waals surface area contributed by atoms with Gasteiger partial charge in [-0.25, -0.2) is 0 Å². The molecule has 0 aliphatic rings. The smallest absolute Gasteiger partial charge is 0.253 e. The fourth-order valence-electron chi connectivity index (χ4n) is 2.71. The molecule has 0 aliphatic carbocycles. The number of hydrogen-bond donors (Lipinski definition) is 2. The first-order valence-corrected chi connectivity index (χ1v) is 9.49. The minimum atomic E-state index is 0.0329. The van der Waals surface area contributed by atoms with Crippen molar-refractivity contribution < 1.29 is 4.79 Å². The molecule has 6 nitrogen and oxygen atoms in total. The van der Waals surface area contributed by atoms with Crippen LogP contribution in [0.15, 0.2) is 29.3 Å². The molecule has 146 valence electrons. The van der Waals surface area contributed by atoms with Gasteiger partial charge in [-0.1, -0.05) is 26.0 Å². The van der Waals surface area contributed by atoms with Gasteiger partial charge in [-0.15, -0.1) is 0 Å². The van der Waals surface area contributed by atoms with Gasteiger partial charge in [0.25, 0.3) is 5.91 Å². The molecule has 0 radical (unpaired) electrons. The second kappa shape index (κ2) is 12.3. The highest BCUT2D eigenvalue weighted by Gasteiger charge is 2.08. The number of nitrogens with one attached hydrogen (secondary N) is 2. The topological polar surface area (TPSA) is 60.0 Å². The molecule has 0 bridgehead atoms. The monoisotopic (exact) mass is 361 g/mol. The predicted octanol–water partition coefficient (Wildman–Crippen LogP) is 1.83. The van der Waals surface area contributed by atoms with E-state index in [2.05, 4.69) is 34.4 Å². The maximum Gasteiger partial charge on any atom is 0.253 e. The Kier molecular flexibility index (Phi) is 10.4. The molecule has 2 N–H and O–H groups in total. The van der Waals surface area contributed by atoms with Gasteiger partial charge in [0, 0.05) is 39.8 Å². The number of guanidine groups is 1. The first kappa shape index (κ1) is 22.0. The molecule has 0 saturated heterocycles. The van der Waals surface area contributed by atoms with Crippen molar-refractivity contribution in [1.82, 2.24) is 20.4 Å². The van der Waals surface area contributed by atoms with E-state index in [-0.39, 0.29) is 5.91 Å². The second-order valence-corrected chi connectivity index (χ2v) is 6.46. The maximum absolute atomic E-state index is 12.0. The van der Waals surface area contributed by atoms with Crippen LogP contribution in [0.25, 0.3) is 0 Å². The van der Waals surface area contributed by atoms with E-state index < -0.39 is 0 Å². The van der Waals surface area contributed by atoms with Gasteiger partial charge in [-0.05, 0) is 50.2 Å². The van der Waals surface area contributed by atoms with Gasteiger partial charge >= 0.3 is 0 Å². The number of nitrogens with zero attached hydrogens (tertiary/aromatic N) is 3. The number of carbonyl (C=O) groups is 1. The maximum atomic E-state index is 12.0. The molecule has 0 aromatic heterocycles. The Morgan fingerprint density at radius 3 is 2.42 bits per heavy atom. The van der Waals surface area contributed by atoms with Crippen LogP contribution in [0.4, 0.5) is 0 Å².